The molecule has 8 heteroatoms. The number of esters is 1. The number of fused-ring (bicyclic) bond motifs is 1. The highest BCUT2D eigenvalue weighted by atomic mass is 35.5. The van der Waals surface area contributed by atoms with Crippen LogP contribution in [-0.4, -0.2) is 18.5 Å². The molecule has 0 saturated carbocycles. The van der Waals surface area contributed by atoms with Crippen LogP contribution in [0.25, 0.3) is 0 Å². The van der Waals surface area contributed by atoms with Crippen molar-refractivity contribution < 1.29 is 14.3 Å². The van der Waals surface area contributed by atoms with E-state index in [4.69, 9.17) is 27.9 Å². The van der Waals surface area contributed by atoms with E-state index in [-0.39, 0.29) is 15.6 Å². The lowest BCUT2D eigenvalue weighted by molar-refractivity contribution is -0.119. The van der Waals surface area contributed by atoms with E-state index in [1.807, 2.05) is 0 Å². The summed E-state index contributed by atoms with van der Waals surface area (Å²) in [4.78, 5) is 25.5. The lowest BCUT2D eigenvalue weighted by Gasteiger charge is -2.08. The van der Waals surface area contributed by atoms with E-state index in [2.05, 4.69) is 11.4 Å². The molecule has 0 atom stereocenters. The number of ether oxygens (including phenoxy) is 1. The van der Waals surface area contributed by atoms with Gasteiger partial charge in [0.1, 0.15) is 11.1 Å². The van der Waals surface area contributed by atoms with Crippen LogP contribution in [0, 0.1) is 11.3 Å². The summed E-state index contributed by atoms with van der Waals surface area (Å²) < 4.78 is 5.02. The zero-order valence-electron chi connectivity index (χ0n) is 14.3. The van der Waals surface area contributed by atoms with Crippen LogP contribution < -0.4 is 5.32 Å². The summed E-state index contributed by atoms with van der Waals surface area (Å²) in [5.41, 5.74) is 1.58. The van der Waals surface area contributed by atoms with E-state index >= 15 is 0 Å². The van der Waals surface area contributed by atoms with Gasteiger partial charge in [0.05, 0.1) is 21.2 Å². The van der Waals surface area contributed by atoms with Gasteiger partial charge in [0, 0.05) is 4.88 Å². The molecule has 0 aliphatic heterocycles. The van der Waals surface area contributed by atoms with Gasteiger partial charge in [-0.15, -0.1) is 11.3 Å². The summed E-state index contributed by atoms with van der Waals surface area (Å²) >= 11 is 13.3. The molecule has 0 saturated heterocycles. The second-order valence-corrected chi connectivity index (χ2v) is 8.02. The van der Waals surface area contributed by atoms with Crippen molar-refractivity contribution in [3.8, 4) is 6.07 Å². The maximum absolute atomic E-state index is 12.2. The monoisotopic (exact) mass is 422 g/mol. The lowest BCUT2D eigenvalue weighted by Crippen LogP contribution is -2.21. The topological polar surface area (TPSA) is 79.2 Å². The van der Waals surface area contributed by atoms with E-state index in [0.29, 0.717) is 10.6 Å². The third-order valence-corrected chi connectivity index (χ3v) is 6.12. The standard InChI is InChI=1S/C19H16Cl2N2O3S/c20-13-6-4-7-14(21)17(13)19(25)26-10-16(24)23-18-12(9-22)11-5-2-1-3-8-15(11)27-18/h4,6-7H,1-3,5,8,10H2,(H,23,24). The number of hydrogen-bond acceptors (Lipinski definition) is 5. The number of halogens is 2. The van der Waals surface area contributed by atoms with Crippen LogP contribution in [0.2, 0.25) is 10.0 Å². The molecule has 140 valence electrons. The SMILES string of the molecule is N#Cc1c(NC(=O)COC(=O)c2c(Cl)cccc2Cl)sc2c1CCCCC2. The Balaban J connectivity index is 1.67. The number of nitriles is 1. The lowest BCUT2D eigenvalue weighted by atomic mass is 10.1. The molecule has 1 aliphatic carbocycles. The molecular formula is C19H16Cl2N2O3S. The number of thiophene rings is 1. The van der Waals surface area contributed by atoms with Gasteiger partial charge in [-0.2, -0.15) is 5.26 Å². The number of anilines is 1. The average Bonchev–Trinajstić information content (AvgIpc) is 2.79. The minimum absolute atomic E-state index is 0.0224. The first-order valence-electron chi connectivity index (χ1n) is 8.47. The Morgan fingerprint density at radius 2 is 1.89 bits per heavy atom. The van der Waals surface area contributed by atoms with Crippen LogP contribution in [-0.2, 0) is 22.4 Å². The number of benzene rings is 1. The maximum Gasteiger partial charge on any atom is 0.341 e. The fourth-order valence-electron chi connectivity index (χ4n) is 3.01. The normalized spacial score (nSPS) is 13.2. The van der Waals surface area contributed by atoms with Crippen LogP contribution in [0.4, 0.5) is 5.00 Å². The van der Waals surface area contributed by atoms with Gasteiger partial charge in [0.2, 0.25) is 0 Å². The summed E-state index contributed by atoms with van der Waals surface area (Å²) in [6.07, 6.45) is 5.05. The van der Waals surface area contributed by atoms with Gasteiger partial charge in [0.25, 0.3) is 5.91 Å². The zero-order valence-corrected chi connectivity index (χ0v) is 16.6. The minimum Gasteiger partial charge on any atom is -0.452 e. The number of rotatable bonds is 4. The van der Waals surface area contributed by atoms with Gasteiger partial charge >= 0.3 is 5.97 Å². The van der Waals surface area contributed by atoms with Crippen molar-refractivity contribution >= 4 is 51.4 Å². The molecule has 1 heterocycles. The Bertz CT molecular complexity index is 914. The van der Waals surface area contributed by atoms with Crippen molar-refractivity contribution in [3.63, 3.8) is 0 Å². The maximum atomic E-state index is 12.2. The molecule has 1 aliphatic rings. The first-order chi connectivity index (χ1) is 13.0. The minimum atomic E-state index is -0.775. The average molecular weight is 423 g/mol. The first-order valence-corrected chi connectivity index (χ1v) is 10.0. The number of aryl methyl sites for hydroxylation is 1. The van der Waals surface area contributed by atoms with Gasteiger partial charge in [-0.1, -0.05) is 35.7 Å². The van der Waals surface area contributed by atoms with Crippen LogP contribution in [0.15, 0.2) is 18.2 Å². The van der Waals surface area contributed by atoms with Crippen molar-refractivity contribution in [2.45, 2.75) is 32.1 Å². The highest BCUT2D eigenvalue weighted by molar-refractivity contribution is 7.16. The van der Waals surface area contributed by atoms with Crippen LogP contribution in [0.1, 0.15) is 45.6 Å². The predicted molar refractivity (Wildman–Crippen MR) is 106 cm³/mol. The zero-order chi connectivity index (χ0) is 19.4. The summed E-state index contributed by atoms with van der Waals surface area (Å²) in [5, 5.41) is 13.0. The number of carbonyl (C=O) groups is 2. The Morgan fingerprint density at radius 3 is 2.59 bits per heavy atom. The number of nitrogens with one attached hydrogen (secondary N) is 1. The molecule has 1 amide bonds. The van der Waals surface area contributed by atoms with E-state index in [0.717, 1.165) is 42.5 Å². The smallest absolute Gasteiger partial charge is 0.341 e. The number of nitrogens with zero attached hydrogens (tertiary/aromatic N) is 1. The third kappa shape index (κ3) is 4.44. The molecule has 3 rings (SSSR count). The molecule has 0 fully saturated rings. The molecule has 1 aromatic carbocycles. The Hall–Kier alpha value is -2.07. The molecule has 27 heavy (non-hydrogen) atoms. The molecule has 0 spiro atoms. The predicted octanol–water partition coefficient (Wildman–Crippen LogP) is 4.99. The van der Waals surface area contributed by atoms with Crippen molar-refractivity contribution in [2.24, 2.45) is 0 Å². The Labute approximate surface area is 170 Å². The van der Waals surface area contributed by atoms with E-state index in [9.17, 15) is 14.9 Å². The van der Waals surface area contributed by atoms with E-state index in [1.54, 1.807) is 6.07 Å². The van der Waals surface area contributed by atoms with E-state index in [1.165, 1.54) is 23.5 Å². The fourth-order valence-corrected chi connectivity index (χ4v) is 4.82. The highest BCUT2D eigenvalue weighted by Crippen LogP contribution is 2.37. The van der Waals surface area contributed by atoms with Crippen molar-refractivity contribution in [1.82, 2.24) is 0 Å². The third-order valence-electron chi connectivity index (χ3n) is 4.29. The van der Waals surface area contributed by atoms with Gasteiger partial charge in [0.15, 0.2) is 6.61 Å². The number of carbonyl (C=O) groups excluding carboxylic acids is 2. The highest BCUT2D eigenvalue weighted by Gasteiger charge is 2.22. The molecule has 0 unspecified atom stereocenters. The second-order valence-electron chi connectivity index (χ2n) is 6.10. The molecule has 5 nitrogen and oxygen atoms in total. The molecule has 0 bridgehead atoms. The van der Waals surface area contributed by atoms with Crippen molar-refractivity contribution in [1.29, 1.82) is 5.26 Å². The molecule has 1 aromatic heterocycles. The van der Waals surface area contributed by atoms with E-state index < -0.39 is 18.5 Å². The van der Waals surface area contributed by atoms with Crippen LogP contribution in [0.3, 0.4) is 0 Å². The summed E-state index contributed by atoms with van der Waals surface area (Å²) in [5.74, 6) is -1.29. The Morgan fingerprint density at radius 1 is 1.19 bits per heavy atom. The van der Waals surface area contributed by atoms with Crippen LogP contribution in [0.5, 0.6) is 0 Å². The Kier molecular flexibility index (Phi) is 6.38. The largest absolute Gasteiger partial charge is 0.452 e. The number of amides is 1. The summed E-state index contributed by atoms with van der Waals surface area (Å²) in [7, 11) is 0. The summed E-state index contributed by atoms with van der Waals surface area (Å²) in [6.45, 7) is -0.492. The fraction of sp³-hybridized carbons (Fsp3) is 0.316. The first kappa shape index (κ1) is 19.7. The molecule has 0 radical (unpaired) electrons. The van der Waals surface area contributed by atoms with Crippen LogP contribution >= 0.6 is 34.5 Å². The molecule has 1 N–H and O–H groups in total. The van der Waals surface area contributed by atoms with Gasteiger partial charge in [-0.25, -0.2) is 4.79 Å². The van der Waals surface area contributed by atoms with Gasteiger partial charge < -0.3 is 10.1 Å². The van der Waals surface area contributed by atoms with Crippen molar-refractivity contribution in [3.05, 3.63) is 49.8 Å². The quantitative estimate of drug-likeness (QED) is 0.555. The van der Waals surface area contributed by atoms with Crippen molar-refractivity contribution in [2.75, 3.05) is 11.9 Å². The van der Waals surface area contributed by atoms with Gasteiger partial charge in [-0.05, 0) is 43.4 Å². The molecule has 2 aromatic rings. The second kappa shape index (κ2) is 8.75. The summed E-state index contributed by atoms with van der Waals surface area (Å²) in [6, 6.07) is 6.84. The molecular weight excluding hydrogens is 407 g/mol. The number of hydrogen-bond donors (Lipinski definition) is 1. The van der Waals surface area contributed by atoms with Gasteiger partial charge in [-0.3, -0.25) is 4.79 Å².